The molecule has 0 bridgehead atoms. The predicted octanol–water partition coefficient (Wildman–Crippen LogP) is 3.46. The molecule has 1 N–H and O–H groups in total. The van der Waals surface area contributed by atoms with Gasteiger partial charge in [-0.25, -0.2) is 0 Å². The number of carbonyl (C=O) groups excluding carboxylic acids is 1. The van der Waals surface area contributed by atoms with Gasteiger partial charge in [-0.2, -0.15) is 0 Å². The first-order valence-electron chi connectivity index (χ1n) is 11.0. The number of aryl methyl sites for hydroxylation is 1. The number of rotatable bonds is 9. The van der Waals surface area contributed by atoms with Gasteiger partial charge in [0, 0.05) is 32.1 Å². The Kier molecular flexibility index (Phi) is 10.8. The smallest absolute Gasteiger partial charge is 0.220 e. The van der Waals surface area contributed by atoms with Crippen molar-refractivity contribution in [3.8, 4) is 11.5 Å². The van der Waals surface area contributed by atoms with Crippen molar-refractivity contribution in [2.75, 3.05) is 46.6 Å². The Morgan fingerprint density at radius 2 is 1.90 bits per heavy atom. The predicted molar refractivity (Wildman–Crippen MR) is 121 cm³/mol. The zero-order valence-corrected chi connectivity index (χ0v) is 19.2. The van der Waals surface area contributed by atoms with Crippen LogP contribution in [0.25, 0.3) is 0 Å². The highest BCUT2D eigenvalue weighted by atomic mass is 35.5. The van der Waals surface area contributed by atoms with E-state index in [9.17, 15) is 4.79 Å². The van der Waals surface area contributed by atoms with E-state index in [1.54, 1.807) is 7.11 Å². The lowest BCUT2D eigenvalue weighted by atomic mass is 9.87. The van der Waals surface area contributed by atoms with Crippen molar-refractivity contribution in [1.82, 2.24) is 10.2 Å². The number of nitrogens with one attached hydrogen (secondary N) is 1. The lowest BCUT2D eigenvalue weighted by molar-refractivity contribution is -0.122. The van der Waals surface area contributed by atoms with E-state index >= 15 is 0 Å². The molecule has 1 aromatic rings. The summed E-state index contributed by atoms with van der Waals surface area (Å²) in [7, 11) is 1.66. The molecule has 0 aromatic heterocycles. The van der Waals surface area contributed by atoms with Gasteiger partial charge in [0.25, 0.3) is 0 Å². The fourth-order valence-electron chi connectivity index (χ4n) is 4.06. The average molecular weight is 441 g/mol. The van der Waals surface area contributed by atoms with Gasteiger partial charge in [-0.05, 0) is 55.7 Å². The summed E-state index contributed by atoms with van der Waals surface area (Å²) >= 11 is 0. The van der Waals surface area contributed by atoms with Crippen molar-refractivity contribution in [2.24, 2.45) is 5.92 Å². The second kappa shape index (κ2) is 13.0. The SMILES string of the molecule is COc1cc(CCC(=O)NC2CCC(C)CC2)ccc1OCCN1CCOCC1.Cl. The zero-order valence-electron chi connectivity index (χ0n) is 18.4. The molecule has 3 rings (SSSR count). The maximum atomic E-state index is 12.3. The molecule has 1 aliphatic heterocycles. The topological polar surface area (TPSA) is 60.0 Å². The second-order valence-electron chi connectivity index (χ2n) is 8.31. The number of methoxy groups -OCH3 is 1. The summed E-state index contributed by atoms with van der Waals surface area (Å²) in [5.41, 5.74) is 1.09. The molecule has 6 nitrogen and oxygen atoms in total. The first-order valence-corrected chi connectivity index (χ1v) is 11.0. The van der Waals surface area contributed by atoms with E-state index in [-0.39, 0.29) is 18.3 Å². The van der Waals surface area contributed by atoms with Crippen LogP contribution in [0.1, 0.15) is 44.6 Å². The van der Waals surface area contributed by atoms with E-state index in [1.165, 1.54) is 12.8 Å². The standard InChI is InChI=1S/C23H36N2O4.ClH/c1-18-3-7-20(8-4-18)24-23(26)10-6-19-5-9-21(22(17-19)27-2)29-16-13-25-11-14-28-15-12-25;/h5,9,17-18,20H,3-4,6-8,10-16H2,1-2H3,(H,24,26);1H. The number of ether oxygens (including phenoxy) is 3. The fraction of sp³-hybridized carbons (Fsp3) is 0.696. The number of amides is 1. The van der Waals surface area contributed by atoms with Crippen molar-refractivity contribution < 1.29 is 19.0 Å². The molecule has 1 aromatic carbocycles. The highest BCUT2D eigenvalue weighted by Gasteiger charge is 2.19. The van der Waals surface area contributed by atoms with Crippen molar-refractivity contribution in [3.63, 3.8) is 0 Å². The van der Waals surface area contributed by atoms with Crippen LogP contribution < -0.4 is 14.8 Å². The van der Waals surface area contributed by atoms with Gasteiger partial charge in [-0.3, -0.25) is 9.69 Å². The summed E-state index contributed by atoms with van der Waals surface area (Å²) in [5, 5.41) is 3.20. The maximum Gasteiger partial charge on any atom is 0.220 e. The number of nitrogens with zero attached hydrogens (tertiary/aromatic N) is 1. The molecule has 7 heteroatoms. The van der Waals surface area contributed by atoms with Crippen LogP contribution in [0.5, 0.6) is 11.5 Å². The largest absolute Gasteiger partial charge is 0.493 e. The number of benzene rings is 1. The maximum absolute atomic E-state index is 12.3. The first kappa shape index (κ1) is 24.8. The highest BCUT2D eigenvalue weighted by Crippen LogP contribution is 2.29. The van der Waals surface area contributed by atoms with Crippen molar-refractivity contribution in [3.05, 3.63) is 23.8 Å². The van der Waals surface area contributed by atoms with E-state index in [4.69, 9.17) is 14.2 Å². The molecule has 1 saturated carbocycles. The van der Waals surface area contributed by atoms with Crippen molar-refractivity contribution in [1.29, 1.82) is 0 Å². The van der Waals surface area contributed by atoms with Gasteiger partial charge >= 0.3 is 0 Å². The van der Waals surface area contributed by atoms with Crippen LogP contribution in [0, 0.1) is 5.92 Å². The lowest BCUT2D eigenvalue weighted by Crippen LogP contribution is -2.38. The molecule has 0 atom stereocenters. The Labute approximate surface area is 187 Å². The summed E-state index contributed by atoms with van der Waals surface area (Å²) in [6.45, 7) is 7.31. The van der Waals surface area contributed by atoms with Gasteiger partial charge in [0.1, 0.15) is 6.61 Å². The summed E-state index contributed by atoms with van der Waals surface area (Å²) in [6, 6.07) is 6.32. The molecule has 0 unspecified atom stereocenters. The monoisotopic (exact) mass is 440 g/mol. The van der Waals surface area contributed by atoms with Crippen LogP contribution in [0.3, 0.4) is 0 Å². The lowest BCUT2D eigenvalue weighted by Gasteiger charge is -2.27. The minimum atomic E-state index is 0. The minimum absolute atomic E-state index is 0. The first-order chi connectivity index (χ1) is 14.1. The number of hydrogen-bond acceptors (Lipinski definition) is 5. The normalized spacial score (nSPS) is 22.1. The van der Waals surface area contributed by atoms with E-state index < -0.39 is 0 Å². The highest BCUT2D eigenvalue weighted by molar-refractivity contribution is 5.85. The number of carbonyl (C=O) groups is 1. The number of halogens is 1. The summed E-state index contributed by atoms with van der Waals surface area (Å²) in [6.07, 6.45) is 5.87. The summed E-state index contributed by atoms with van der Waals surface area (Å²) in [4.78, 5) is 14.6. The Morgan fingerprint density at radius 3 is 2.60 bits per heavy atom. The third-order valence-corrected chi connectivity index (χ3v) is 6.02. The number of hydrogen-bond donors (Lipinski definition) is 1. The van der Waals surface area contributed by atoms with Crippen LogP contribution >= 0.6 is 12.4 Å². The molecule has 1 aliphatic carbocycles. The molecule has 2 fully saturated rings. The Balaban J connectivity index is 0.00000320. The Morgan fingerprint density at radius 1 is 1.17 bits per heavy atom. The van der Waals surface area contributed by atoms with Crippen molar-refractivity contribution in [2.45, 2.75) is 51.5 Å². The molecule has 1 saturated heterocycles. The molecule has 2 aliphatic rings. The van der Waals surface area contributed by atoms with Crippen LogP contribution in [-0.2, 0) is 16.0 Å². The van der Waals surface area contributed by atoms with Gasteiger partial charge in [0.15, 0.2) is 11.5 Å². The number of morpholine rings is 1. The van der Waals surface area contributed by atoms with Gasteiger partial charge in [-0.15, -0.1) is 12.4 Å². The molecular weight excluding hydrogens is 404 g/mol. The summed E-state index contributed by atoms with van der Waals surface area (Å²) in [5.74, 6) is 2.43. The molecule has 0 radical (unpaired) electrons. The van der Waals surface area contributed by atoms with E-state index in [2.05, 4.69) is 17.1 Å². The van der Waals surface area contributed by atoms with Gasteiger partial charge in [0.2, 0.25) is 5.91 Å². The molecule has 1 amide bonds. The van der Waals surface area contributed by atoms with Crippen molar-refractivity contribution >= 4 is 18.3 Å². The molecular formula is C23H37ClN2O4. The average Bonchev–Trinajstić information content (AvgIpc) is 2.75. The van der Waals surface area contributed by atoms with Gasteiger partial charge < -0.3 is 19.5 Å². The van der Waals surface area contributed by atoms with Crippen LogP contribution in [0.4, 0.5) is 0 Å². The van der Waals surface area contributed by atoms with Crippen LogP contribution in [0.15, 0.2) is 18.2 Å². The summed E-state index contributed by atoms with van der Waals surface area (Å²) < 4.78 is 16.8. The van der Waals surface area contributed by atoms with Gasteiger partial charge in [-0.1, -0.05) is 13.0 Å². The molecule has 170 valence electrons. The van der Waals surface area contributed by atoms with E-state index in [1.807, 2.05) is 18.2 Å². The third kappa shape index (κ3) is 7.97. The fourth-order valence-corrected chi connectivity index (χ4v) is 4.06. The molecule has 0 spiro atoms. The quantitative estimate of drug-likeness (QED) is 0.637. The van der Waals surface area contributed by atoms with Crippen LogP contribution in [0.2, 0.25) is 0 Å². The minimum Gasteiger partial charge on any atom is -0.493 e. The van der Waals surface area contributed by atoms with Crippen LogP contribution in [-0.4, -0.2) is 63.4 Å². The van der Waals surface area contributed by atoms with E-state index in [0.29, 0.717) is 25.5 Å². The zero-order chi connectivity index (χ0) is 20.5. The Bertz CT molecular complexity index is 644. The van der Waals surface area contributed by atoms with Gasteiger partial charge in [0.05, 0.1) is 20.3 Å². The van der Waals surface area contributed by atoms with E-state index in [0.717, 1.165) is 68.7 Å². The second-order valence-corrected chi connectivity index (χ2v) is 8.31. The molecule has 1 heterocycles. The Hall–Kier alpha value is -1.50. The third-order valence-electron chi connectivity index (χ3n) is 6.02. The molecule has 30 heavy (non-hydrogen) atoms.